The molecule has 2 aromatic rings. The van der Waals surface area contributed by atoms with E-state index in [1.165, 1.54) is 12.1 Å². The van der Waals surface area contributed by atoms with Crippen LogP contribution in [-0.2, 0) is 6.18 Å². The number of hydrogen-bond acceptors (Lipinski definition) is 5. The van der Waals surface area contributed by atoms with Gasteiger partial charge in [0.1, 0.15) is 11.6 Å². The first kappa shape index (κ1) is 18.0. The summed E-state index contributed by atoms with van der Waals surface area (Å²) in [6.07, 6.45) is -2.07. The summed E-state index contributed by atoms with van der Waals surface area (Å²) in [5.74, 6) is -0.0738. The van der Waals surface area contributed by atoms with Crippen LogP contribution in [0.2, 0.25) is 0 Å². The predicted molar refractivity (Wildman–Crippen MR) is 89.3 cm³/mol. The third-order valence-corrected chi connectivity index (χ3v) is 4.21. The number of carbonyl (C=O) groups is 1. The first-order valence-corrected chi connectivity index (χ1v) is 8.08. The number of rotatable bonds is 4. The molecule has 9 heteroatoms. The molecule has 2 aromatic heterocycles. The minimum Gasteiger partial charge on any atom is -0.477 e. The van der Waals surface area contributed by atoms with Crippen LogP contribution in [0, 0.1) is 0 Å². The van der Waals surface area contributed by atoms with E-state index < -0.39 is 17.7 Å². The minimum absolute atomic E-state index is 0.0265. The number of aromatic nitrogens is 2. The normalized spacial score (nSPS) is 15.7. The minimum atomic E-state index is -4.39. The summed E-state index contributed by atoms with van der Waals surface area (Å²) >= 11 is 0. The Morgan fingerprint density at radius 2 is 1.92 bits per heavy atom. The molecule has 3 rings (SSSR count). The van der Waals surface area contributed by atoms with Crippen LogP contribution in [0.3, 0.4) is 0 Å². The Balaban J connectivity index is 1.57. The summed E-state index contributed by atoms with van der Waals surface area (Å²) in [5, 5.41) is 12.2. The van der Waals surface area contributed by atoms with Crippen LogP contribution in [0.1, 0.15) is 28.9 Å². The SMILES string of the molecule is O=C(O)c1cccc(NC2CCN(c3ccc(C(F)(F)F)cn3)CC2)n1. The smallest absolute Gasteiger partial charge is 0.417 e. The zero-order valence-electron chi connectivity index (χ0n) is 13.7. The summed E-state index contributed by atoms with van der Waals surface area (Å²) in [6.45, 7) is 1.27. The van der Waals surface area contributed by atoms with Crippen LogP contribution >= 0.6 is 0 Å². The van der Waals surface area contributed by atoms with Crippen molar-refractivity contribution in [3.63, 3.8) is 0 Å². The number of carboxylic acids is 1. The molecule has 26 heavy (non-hydrogen) atoms. The maximum Gasteiger partial charge on any atom is 0.417 e. The van der Waals surface area contributed by atoms with Gasteiger partial charge in [0, 0.05) is 25.3 Å². The van der Waals surface area contributed by atoms with Crippen LogP contribution < -0.4 is 10.2 Å². The number of nitrogens with one attached hydrogen (secondary N) is 1. The largest absolute Gasteiger partial charge is 0.477 e. The number of aromatic carboxylic acids is 1. The van der Waals surface area contributed by atoms with Crippen LogP contribution in [-0.4, -0.2) is 40.2 Å². The number of halogens is 3. The van der Waals surface area contributed by atoms with Gasteiger partial charge in [0.05, 0.1) is 5.56 Å². The molecule has 6 nitrogen and oxygen atoms in total. The van der Waals surface area contributed by atoms with E-state index in [0.717, 1.165) is 25.1 Å². The summed E-state index contributed by atoms with van der Waals surface area (Å²) in [7, 11) is 0. The van der Waals surface area contributed by atoms with Gasteiger partial charge in [0.15, 0.2) is 5.69 Å². The van der Waals surface area contributed by atoms with Crippen LogP contribution in [0.15, 0.2) is 36.5 Å². The standard InChI is InChI=1S/C17H17F3N4O2/c18-17(19,20)11-4-5-15(21-10-11)24-8-6-12(7-9-24)22-14-3-1-2-13(23-14)16(25)26/h1-5,10,12H,6-9H2,(H,22,23)(H,25,26). The fourth-order valence-electron chi connectivity index (χ4n) is 2.84. The van der Waals surface area contributed by atoms with Crippen LogP contribution in [0.5, 0.6) is 0 Å². The Kier molecular flexibility index (Phi) is 4.97. The Morgan fingerprint density at radius 3 is 2.50 bits per heavy atom. The molecule has 0 amide bonds. The summed E-state index contributed by atoms with van der Waals surface area (Å²) in [5.41, 5.74) is -0.788. The van der Waals surface area contributed by atoms with Gasteiger partial charge in [-0.2, -0.15) is 13.2 Å². The third kappa shape index (κ3) is 4.22. The van der Waals surface area contributed by atoms with Gasteiger partial charge in [-0.1, -0.05) is 6.07 Å². The molecule has 0 radical (unpaired) electrons. The molecule has 3 heterocycles. The average Bonchev–Trinajstić information content (AvgIpc) is 2.62. The van der Waals surface area contributed by atoms with E-state index >= 15 is 0 Å². The molecule has 138 valence electrons. The first-order valence-electron chi connectivity index (χ1n) is 8.08. The van der Waals surface area contributed by atoms with E-state index in [9.17, 15) is 18.0 Å². The van der Waals surface area contributed by atoms with Crippen molar-refractivity contribution in [2.75, 3.05) is 23.3 Å². The number of alkyl halides is 3. The second-order valence-electron chi connectivity index (χ2n) is 6.02. The molecule has 0 spiro atoms. The summed E-state index contributed by atoms with van der Waals surface area (Å²) < 4.78 is 37.8. The number of hydrogen-bond donors (Lipinski definition) is 2. The van der Waals surface area contributed by atoms with E-state index in [0.29, 0.717) is 24.7 Å². The van der Waals surface area contributed by atoms with Crippen LogP contribution in [0.25, 0.3) is 0 Å². The molecule has 1 saturated heterocycles. The Labute approximate surface area is 147 Å². The molecule has 1 aliphatic heterocycles. The average molecular weight is 366 g/mol. The molecular weight excluding hydrogens is 349 g/mol. The molecule has 0 aliphatic carbocycles. The number of piperidine rings is 1. The van der Waals surface area contributed by atoms with E-state index in [1.54, 1.807) is 12.1 Å². The molecule has 1 aliphatic rings. The summed E-state index contributed by atoms with van der Waals surface area (Å²) in [4.78, 5) is 20.8. The van der Waals surface area contributed by atoms with Crippen molar-refractivity contribution in [3.05, 3.63) is 47.8 Å². The van der Waals surface area contributed by atoms with Gasteiger partial charge in [-0.05, 0) is 37.1 Å². The van der Waals surface area contributed by atoms with E-state index in [1.807, 2.05) is 4.90 Å². The van der Waals surface area contributed by atoms with E-state index in [-0.39, 0.29) is 11.7 Å². The lowest BCUT2D eigenvalue weighted by molar-refractivity contribution is -0.137. The fraction of sp³-hybridized carbons (Fsp3) is 0.353. The van der Waals surface area contributed by atoms with E-state index in [2.05, 4.69) is 15.3 Å². The van der Waals surface area contributed by atoms with Crippen LogP contribution in [0.4, 0.5) is 24.8 Å². The molecule has 0 saturated carbocycles. The lowest BCUT2D eigenvalue weighted by Crippen LogP contribution is -2.39. The first-order chi connectivity index (χ1) is 12.3. The highest BCUT2D eigenvalue weighted by atomic mass is 19.4. The highest BCUT2D eigenvalue weighted by Gasteiger charge is 2.31. The lowest BCUT2D eigenvalue weighted by atomic mass is 10.0. The third-order valence-electron chi connectivity index (χ3n) is 4.21. The van der Waals surface area contributed by atoms with Crippen molar-refractivity contribution >= 4 is 17.6 Å². The number of anilines is 2. The van der Waals surface area contributed by atoms with Crippen molar-refractivity contribution in [1.29, 1.82) is 0 Å². The van der Waals surface area contributed by atoms with Gasteiger partial charge in [-0.3, -0.25) is 0 Å². The van der Waals surface area contributed by atoms with E-state index in [4.69, 9.17) is 5.11 Å². The Hall–Kier alpha value is -2.84. The highest BCUT2D eigenvalue weighted by molar-refractivity contribution is 5.85. The zero-order chi connectivity index (χ0) is 18.7. The molecule has 0 atom stereocenters. The highest BCUT2D eigenvalue weighted by Crippen LogP contribution is 2.30. The monoisotopic (exact) mass is 366 g/mol. The van der Waals surface area contributed by atoms with Crippen molar-refractivity contribution < 1.29 is 23.1 Å². The van der Waals surface area contributed by atoms with Gasteiger partial charge >= 0.3 is 12.1 Å². The fourth-order valence-corrected chi connectivity index (χ4v) is 2.84. The van der Waals surface area contributed by atoms with Gasteiger partial charge < -0.3 is 15.3 Å². The Morgan fingerprint density at radius 1 is 1.19 bits per heavy atom. The number of pyridine rings is 2. The van der Waals surface area contributed by atoms with Gasteiger partial charge in [0.2, 0.25) is 0 Å². The predicted octanol–water partition coefficient (Wildman–Crippen LogP) is 3.27. The number of nitrogens with zero attached hydrogens (tertiary/aromatic N) is 3. The maximum atomic E-state index is 12.6. The maximum absolute atomic E-state index is 12.6. The van der Waals surface area contributed by atoms with Crippen molar-refractivity contribution in [3.8, 4) is 0 Å². The quantitative estimate of drug-likeness (QED) is 0.865. The van der Waals surface area contributed by atoms with Gasteiger partial charge in [0.25, 0.3) is 0 Å². The van der Waals surface area contributed by atoms with Crippen molar-refractivity contribution in [2.45, 2.75) is 25.1 Å². The van der Waals surface area contributed by atoms with Gasteiger partial charge in [-0.15, -0.1) is 0 Å². The second-order valence-corrected chi connectivity index (χ2v) is 6.02. The van der Waals surface area contributed by atoms with Crippen molar-refractivity contribution in [1.82, 2.24) is 9.97 Å². The summed E-state index contributed by atoms with van der Waals surface area (Å²) in [6, 6.07) is 7.28. The molecular formula is C17H17F3N4O2. The molecule has 0 unspecified atom stereocenters. The van der Waals surface area contributed by atoms with Crippen molar-refractivity contribution in [2.24, 2.45) is 0 Å². The number of carboxylic acid groups (broad SMARTS) is 1. The molecule has 2 N–H and O–H groups in total. The molecule has 1 fully saturated rings. The molecule has 0 bridgehead atoms. The second kappa shape index (κ2) is 7.19. The molecule has 0 aromatic carbocycles. The topological polar surface area (TPSA) is 78.4 Å². The Bertz CT molecular complexity index is 772. The van der Waals surface area contributed by atoms with Gasteiger partial charge in [-0.25, -0.2) is 14.8 Å². The lowest BCUT2D eigenvalue weighted by Gasteiger charge is -2.33. The zero-order valence-corrected chi connectivity index (χ0v) is 13.7.